The van der Waals surface area contributed by atoms with Crippen molar-refractivity contribution in [1.82, 2.24) is 4.98 Å². The van der Waals surface area contributed by atoms with Crippen molar-refractivity contribution in [3.8, 4) is 0 Å². The SMILES string of the molecule is O=c1oc(/C=C/c2cccc([N+](=O)[O-])c2)nc2cc(Cl)ccc12. The van der Waals surface area contributed by atoms with Crippen LogP contribution in [-0.2, 0) is 0 Å². The molecule has 3 aromatic rings. The summed E-state index contributed by atoms with van der Waals surface area (Å²) in [4.78, 5) is 26.4. The quantitative estimate of drug-likeness (QED) is 0.537. The van der Waals surface area contributed by atoms with E-state index in [1.54, 1.807) is 36.4 Å². The van der Waals surface area contributed by atoms with E-state index in [2.05, 4.69) is 4.98 Å². The molecule has 0 radical (unpaired) electrons. The summed E-state index contributed by atoms with van der Waals surface area (Å²) < 4.78 is 5.10. The van der Waals surface area contributed by atoms with Gasteiger partial charge in [-0.3, -0.25) is 10.1 Å². The summed E-state index contributed by atoms with van der Waals surface area (Å²) in [5.74, 6) is 0.0938. The molecule has 23 heavy (non-hydrogen) atoms. The zero-order chi connectivity index (χ0) is 16.4. The van der Waals surface area contributed by atoms with Gasteiger partial charge >= 0.3 is 5.63 Å². The van der Waals surface area contributed by atoms with E-state index in [0.717, 1.165) is 0 Å². The van der Waals surface area contributed by atoms with Crippen molar-refractivity contribution < 1.29 is 9.34 Å². The molecule has 6 nitrogen and oxygen atoms in total. The van der Waals surface area contributed by atoms with Crippen LogP contribution in [0.25, 0.3) is 23.1 Å². The molecule has 1 aromatic heterocycles. The van der Waals surface area contributed by atoms with Gasteiger partial charge in [-0.15, -0.1) is 0 Å². The first-order chi connectivity index (χ1) is 11.0. The highest BCUT2D eigenvalue weighted by molar-refractivity contribution is 6.31. The van der Waals surface area contributed by atoms with Crippen LogP contribution in [-0.4, -0.2) is 9.91 Å². The first-order valence-corrected chi connectivity index (χ1v) is 6.94. The number of hydrogen-bond donors (Lipinski definition) is 0. The van der Waals surface area contributed by atoms with Gasteiger partial charge in [-0.25, -0.2) is 9.78 Å². The van der Waals surface area contributed by atoms with Gasteiger partial charge in [0.15, 0.2) is 0 Å². The number of halogens is 1. The minimum Gasteiger partial charge on any atom is -0.404 e. The van der Waals surface area contributed by atoms with Crippen LogP contribution in [0, 0.1) is 10.1 Å². The standard InChI is InChI=1S/C16H9ClN2O4/c17-11-5-6-13-14(9-11)18-15(23-16(13)20)7-4-10-2-1-3-12(8-10)19(21)22/h1-9H/b7-4+. The van der Waals surface area contributed by atoms with E-state index in [4.69, 9.17) is 16.0 Å². The van der Waals surface area contributed by atoms with Crippen LogP contribution < -0.4 is 5.63 Å². The molecular formula is C16H9ClN2O4. The summed E-state index contributed by atoms with van der Waals surface area (Å²) in [5, 5.41) is 11.5. The Hall–Kier alpha value is -2.99. The smallest absolute Gasteiger partial charge is 0.347 e. The fraction of sp³-hybridized carbons (Fsp3) is 0. The Morgan fingerprint density at radius 2 is 2.00 bits per heavy atom. The average molecular weight is 329 g/mol. The molecule has 0 amide bonds. The lowest BCUT2D eigenvalue weighted by molar-refractivity contribution is -0.384. The molecule has 0 atom stereocenters. The summed E-state index contributed by atoms with van der Waals surface area (Å²) in [6.07, 6.45) is 3.05. The van der Waals surface area contributed by atoms with Gasteiger partial charge in [-0.1, -0.05) is 23.7 Å². The fourth-order valence-electron chi connectivity index (χ4n) is 2.04. The summed E-state index contributed by atoms with van der Waals surface area (Å²) in [7, 11) is 0. The van der Waals surface area contributed by atoms with Gasteiger partial charge in [0, 0.05) is 23.2 Å². The third-order valence-electron chi connectivity index (χ3n) is 3.11. The molecule has 0 unspecified atom stereocenters. The van der Waals surface area contributed by atoms with Crippen LogP contribution in [0.5, 0.6) is 0 Å². The van der Waals surface area contributed by atoms with Gasteiger partial charge in [0.2, 0.25) is 5.89 Å². The van der Waals surface area contributed by atoms with E-state index in [0.29, 0.717) is 21.5 Å². The number of non-ortho nitro benzene ring substituents is 1. The van der Waals surface area contributed by atoms with Gasteiger partial charge in [0.25, 0.3) is 5.69 Å². The van der Waals surface area contributed by atoms with Crippen molar-refractivity contribution in [1.29, 1.82) is 0 Å². The third kappa shape index (κ3) is 3.27. The second-order valence-corrected chi connectivity index (χ2v) is 5.12. The summed E-state index contributed by atoms with van der Waals surface area (Å²) in [6, 6.07) is 10.8. The Bertz CT molecular complexity index is 995. The van der Waals surface area contributed by atoms with Crippen molar-refractivity contribution in [2.24, 2.45) is 0 Å². The molecule has 0 aliphatic heterocycles. The van der Waals surface area contributed by atoms with Gasteiger partial charge in [-0.05, 0) is 29.8 Å². The zero-order valence-corrected chi connectivity index (χ0v) is 12.4. The molecule has 7 heteroatoms. The molecule has 114 valence electrons. The van der Waals surface area contributed by atoms with Crippen LogP contribution in [0.4, 0.5) is 5.69 Å². The Kier molecular flexibility index (Phi) is 3.91. The highest BCUT2D eigenvalue weighted by atomic mass is 35.5. The molecule has 0 aliphatic rings. The van der Waals surface area contributed by atoms with Gasteiger partial charge in [-0.2, -0.15) is 0 Å². The monoisotopic (exact) mass is 328 g/mol. The number of nitro groups is 1. The molecule has 0 saturated heterocycles. The van der Waals surface area contributed by atoms with Gasteiger partial charge in [0.05, 0.1) is 15.8 Å². The number of rotatable bonds is 3. The lowest BCUT2D eigenvalue weighted by Crippen LogP contribution is -2.02. The van der Waals surface area contributed by atoms with E-state index in [1.165, 1.54) is 18.2 Å². The average Bonchev–Trinajstić information content (AvgIpc) is 2.52. The van der Waals surface area contributed by atoms with Gasteiger partial charge < -0.3 is 4.42 Å². The van der Waals surface area contributed by atoms with Crippen LogP contribution in [0.1, 0.15) is 11.5 Å². The Labute approximate surface area is 134 Å². The largest absolute Gasteiger partial charge is 0.404 e. The lowest BCUT2D eigenvalue weighted by Gasteiger charge is -1.98. The van der Waals surface area contributed by atoms with Crippen molar-refractivity contribution >= 4 is 40.3 Å². The lowest BCUT2D eigenvalue weighted by atomic mass is 10.2. The van der Waals surface area contributed by atoms with Gasteiger partial charge in [0.1, 0.15) is 0 Å². The number of benzene rings is 2. The Balaban J connectivity index is 1.99. The number of hydrogen-bond acceptors (Lipinski definition) is 5. The maximum absolute atomic E-state index is 11.9. The Morgan fingerprint density at radius 3 is 2.78 bits per heavy atom. The number of nitro benzene ring substituents is 1. The molecule has 0 spiro atoms. The predicted molar refractivity (Wildman–Crippen MR) is 87.3 cm³/mol. The molecule has 3 rings (SSSR count). The highest BCUT2D eigenvalue weighted by Gasteiger charge is 2.06. The minimum atomic E-state index is -0.523. The number of nitrogens with zero attached hydrogens (tertiary/aromatic N) is 2. The van der Waals surface area contributed by atoms with Crippen molar-refractivity contribution in [2.75, 3.05) is 0 Å². The molecule has 2 aromatic carbocycles. The maximum atomic E-state index is 11.9. The molecule has 1 heterocycles. The summed E-state index contributed by atoms with van der Waals surface area (Å²) >= 11 is 5.89. The fourth-order valence-corrected chi connectivity index (χ4v) is 2.21. The topological polar surface area (TPSA) is 86.2 Å². The first kappa shape index (κ1) is 14.9. The van der Waals surface area contributed by atoms with E-state index in [9.17, 15) is 14.9 Å². The number of aromatic nitrogens is 1. The maximum Gasteiger partial charge on any atom is 0.347 e. The summed E-state index contributed by atoms with van der Waals surface area (Å²) in [5.41, 5.74) is 0.472. The second-order valence-electron chi connectivity index (χ2n) is 4.69. The molecular weight excluding hydrogens is 320 g/mol. The second kappa shape index (κ2) is 6.02. The van der Waals surface area contributed by atoms with E-state index in [-0.39, 0.29) is 11.6 Å². The van der Waals surface area contributed by atoms with Crippen LogP contribution in [0.15, 0.2) is 51.7 Å². The first-order valence-electron chi connectivity index (χ1n) is 6.56. The zero-order valence-electron chi connectivity index (χ0n) is 11.6. The van der Waals surface area contributed by atoms with Crippen molar-refractivity contribution in [3.05, 3.63) is 79.5 Å². The van der Waals surface area contributed by atoms with E-state index in [1.807, 2.05) is 0 Å². The van der Waals surface area contributed by atoms with Crippen molar-refractivity contribution in [3.63, 3.8) is 0 Å². The number of fused-ring (bicyclic) bond motifs is 1. The molecule has 0 saturated carbocycles. The molecule has 0 fully saturated rings. The van der Waals surface area contributed by atoms with Crippen LogP contribution in [0.3, 0.4) is 0 Å². The molecule has 0 bridgehead atoms. The molecule has 0 N–H and O–H groups in total. The Morgan fingerprint density at radius 1 is 1.17 bits per heavy atom. The summed E-state index contributed by atoms with van der Waals surface area (Å²) in [6.45, 7) is 0. The minimum absolute atomic E-state index is 0.0214. The van der Waals surface area contributed by atoms with Crippen LogP contribution >= 0.6 is 11.6 Å². The third-order valence-corrected chi connectivity index (χ3v) is 3.34. The van der Waals surface area contributed by atoms with Crippen molar-refractivity contribution in [2.45, 2.75) is 0 Å². The predicted octanol–water partition coefficient (Wildman–Crippen LogP) is 3.92. The highest BCUT2D eigenvalue weighted by Crippen LogP contribution is 2.17. The molecule has 0 aliphatic carbocycles. The normalized spacial score (nSPS) is 11.2. The van der Waals surface area contributed by atoms with E-state index >= 15 is 0 Å². The van der Waals surface area contributed by atoms with Crippen LogP contribution in [0.2, 0.25) is 5.02 Å². The van der Waals surface area contributed by atoms with E-state index < -0.39 is 10.5 Å².